The Labute approximate surface area is 154 Å². The lowest BCUT2D eigenvalue weighted by molar-refractivity contribution is 0.155. The van der Waals surface area contributed by atoms with Gasteiger partial charge in [0.25, 0.3) is 0 Å². The molecule has 1 unspecified atom stereocenters. The molecule has 0 bridgehead atoms. The summed E-state index contributed by atoms with van der Waals surface area (Å²) in [6.45, 7) is 7.89. The van der Waals surface area contributed by atoms with Crippen molar-refractivity contribution in [3.05, 3.63) is 35.5 Å². The number of amides is 1. The van der Waals surface area contributed by atoms with Crippen LogP contribution in [0.2, 0.25) is 5.02 Å². The maximum absolute atomic E-state index is 12.1. The summed E-state index contributed by atoms with van der Waals surface area (Å²) in [7, 11) is 1.75. The molecule has 2 rings (SSSR count). The average Bonchev–Trinajstić information content (AvgIpc) is 2.60. The number of halogens is 1. The van der Waals surface area contributed by atoms with Crippen LogP contribution in [-0.4, -0.2) is 54.3 Å². The standard InChI is InChI=1S/C19H26ClN3O2/c1-4-22(5-2)12-6-7-13-23(3,19(24)25)18-10-11-21-17-14-15(20)8-9-16(17)18/h8-11,14H,4-7,12-13H2,1-3H3/p+1. The van der Waals surface area contributed by atoms with Gasteiger partial charge >= 0.3 is 6.09 Å². The van der Waals surface area contributed by atoms with Crippen molar-refractivity contribution in [3.8, 4) is 0 Å². The number of hydrogen-bond acceptors (Lipinski definition) is 3. The molecule has 1 aromatic heterocycles. The summed E-state index contributed by atoms with van der Waals surface area (Å²) in [5.74, 6) is 0. The third kappa shape index (κ3) is 4.48. The molecule has 0 saturated heterocycles. The Kier molecular flexibility index (Phi) is 6.76. The van der Waals surface area contributed by atoms with Crippen LogP contribution in [0, 0.1) is 0 Å². The minimum Gasteiger partial charge on any atom is -0.435 e. The van der Waals surface area contributed by atoms with Gasteiger partial charge in [-0.15, -0.1) is 0 Å². The quantitative estimate of drug-likeness (QED) is 0.548. The molecular weight excluding hydrogens is 338 g/mol. The van der Waals surface area contributed by atoms with Gasteiger partial charge in [0.2, 0.25) is 0 Å². The molecular formula is C19H27ClN3O2+. The summed E-state index contributed by atoms with van der Waals surface area (Å²) in [6, 6.07) is 7.21. The van der Waals surface area contributed by atoms with Crippen LogP contribution in [0.1, 0.15) is 26.7 Å². The van der Waals surface area contributed by atoms with Crippen molar-refractivity contribution in [2.45, 2.75) is 26.7 Å². The molecule has 0 spiro atoms. The maximum Gasteiger partial charge on any atom is 0.518 e. The number of pyridine rings is 1. The Morgan fingerprint density at radius 1 is 1.24 bits per heavy atom. The zero-order valence-electron chi connectivity index (χ0n) is 15.2. The van der Waals surface area contributed by atoms with E-state index in [-0.39, 0.29) is 4.48 Å². The van der Waals surface area contributed by atoms with Crippen molar-refractivity contribution in [2.24, 2.45) is 0 Å². The molecule has 1 amide bonds. The Morgan fingerprint density at radius 2 is 1.96 bits per heavy atom. The van der Waals surface area contributed by atoms with Gasteiger partial charge in [-0.2, -0.15) is 9.28 Å². The van der Waals surface area contributed by atoms with E-state index < -0.39 is 6.09 Å². The molecule has 6 heteroatoms. The number of nitrogens with zero attached hydrogens (tertiary/aromatic N) is 3. The summed E-state index contributed by atoms with van der Waals surface area (Å²) < 4.78 is -0.154. The zero-order chi connectivity index (χ0) is 18.4. The number of quaternary nitrogens is 1. The van der Waals surface area contributed by atoms with Gasteiger partial charge in [0, 0.05) is 17.3 Å². The summed E-state index contributed by atoms with van der Waals surface area (Å²) in [5, 5.41) is 11.3. The molecule has 0 fully saturated rings. The van der Waals surface area contributed by atoms with E-state index in [1.54, 1.807) is 31.4 Å². The topological polar surface area (TPSA) is 53.4 Å². The second kappa shape index (κ2) is 8.61. The zero-order valence-corrected chi connectivity index (χ0v) is 16.0. The van der Waals surface area contributed by atoms with Gasteiger partial charge in [-0.25, -0.2) is 0 Å². The van der Waals surface area contributed by atoms with E-state index in [1.807, 2.05) is 6.07 Å². The van der Waals surface area contributed by atoms with Gasteiger partial charge in [0.15, 0.2) is 5.69 Å². The van der Waals surface area contributed by atoms with E-state index in [9.17, 15) is 9.90 Å². The number of carboxylic acid groups (broad SMARTS) is 1. The Bertz CT molecular complexity index is 734. The number of aromatic nitrogens is 1. The van der Waals surface area contributed by atoms with Crippen LogP contribution in [0.4, 0.5) is 10.5 Å². The highest BCUT2D eigenvalue weighted by atomic mass is 35.5. The van der Waals surface area contributed by atoms with E-state index in [0.717, 1.165) is 49.1 Å². The van der Waals surface area contributed by atoms with Gasteiger partial charge in [-0.1, -0.05) is 25.4 Å². The van der Waals surface area contributed by atoms with E-state index in [2.05, 4.69) is 23.7 Å². The summed E-state index contributed by atoms with van der Waals surface area (Å²) >= 11 is 6.04. The SMILES string of the molecule is CCN(CC)CCCC[N+](C)(C(=O)O)c1ccnc2cc(Cl)ccc12. The van der Waals surface area contributed by atoms with Crippen LogP contribution >= 0.6 is 11.6 Å². The van der Waals surface area contributed by atoms with Crippen LogP contribution in [-0.2, 0) is 0 Å². The first-order valence-corrected chi connectivity index (χ1v) is 9.16. The minimum atomic E-state index is -0.856. The van der Waals surface area contributed by atoms with Gasteiger partial charge in [-0.05, 0) is 50.7 Å². The molecule has 1 N–H and O–H groups in total. The van der Waals surface area contributed by atoms with Crippen molar-refractivity contribution in [3.63, 3.8) is 0 Å². The molecule has 0 aliphatic rings. The molecule has 5 nitrogen and oxygen atoms in total. The molecule has 1 heterocycles. The maximum atomic E-state index is 12.1. The highest BCUT2D eigenvalue weighted by Gasteiger charge is 2.35. The van der Waals surface area contributed by atoms with E-state index in [0.29, 0.717) is 11.6 Å². The third-order valence-corrected chi connectivity index (χ3v) is 5.09. The van der Waals surface area contributed by atoms with E-state index in [4.69, 9.17) is 11.6 Å². The fourth-order valence-corrected chi connectivity index (χ4v) is 3.33. The first kappa shape index (κ1) is 19.6. The largest absolute Gasteiger partial charge is 0.518 e. The van der Waals surface area contributed by atoms with Gasteiger partial charge in [0.05, 0.1) is 24.5 Å². The highest BCUT2D eigenvalue weighted by Crippen LogP contribution is 2.31. The molecule has 0 saturated carbocycles. The van der Waals surface area contributed by atoms with Crippen molar-refractivity contribution in [1.82, 2.24) is 14.4 Å². The second-order valence-electron chi connectivity index (χ2n) is 6.42. The monoisotopic (exact) mass is 364 g/mol. The summed E-state index contributed by atoms with van der Waals surface area (Å²) in [4.78, 5) is 18.8. The average molecular weight is 365 g/mol. The molecule has 0 aliphatic carbocycles. The third-order valence-electron chi connectivity index (χ3n) is 4.86. The number of rotatable bonds is 8. The molecule has 1 aromatic carbocycles. The van der Waals surface area contributed by atoms with Crippen LogP contribution in [0.5, 0.6) is 0 Å². The first-order valence-electron chi connectivity index (χ1n) is 8.78. The Hall–Kier alpha value is -1.69. The predicted octanol–water partition coefficient (Wildman–Crippen LogP) is 4.63. The fraction of sp³-hybridized carbons (Fsp3) is 0.474. The number of fused-ring (bicyclic) bond motifs is 1. The first-order chi connectivity index (χ1) is 11.9. The lowest BCUT2D eigenvalue weighted by Crippen LogP contribution is -2.50. The van der Waals surface area contributed by atoms with E-state index >= 15 is 0 Å². The molecule has 0 radical (unpaired) electrons. The molecule has 136 valence electrons. The molecule has 1 atom stereocenters. The minimum absolute atomic E-state index is 0.154. The van der Waals surface area contributed by atoms with Crippen LogP contribution in [0.15, 0.2) is 30.5 Å². The summed E-state index contributed by atoms with van der Waals surface area (Å²) in [5.41, 5.74) is 1.47. The van der Waals surface area contributed by atoms with Crippen molar-refractivity contribution in [2.75, 3.05) is 33.2 Å². The second-order valence-corrected chi connectivity index (χ2v) is 6.86. The van der Waals surface area contributed by atoms with Crippen molar-refractivity contribution in [1.29, 1.82) is 0 Å². The lowest BCUT2D eigenvalue weighted by Gasteiger charge is -2.29. The van der Waals surface area contributed by atoms with E-state index in [1.165, 1.54) is 0 Å². The predicted molar refractivity (Wildman–Crippen MR) is 104 cm³/mol. The Balaban J connectivity index is 2.23. The highest BCUT2D eigenvalue weighted by molar-refractivity contribution is 6.31. The lowest BCUT2D eigenvalue weighted by atomic mass is 10.1. The molecule has 25 heavy (non-hydrogen) atoms. The molecule has 0 aliphatic heterocycles. The van der Waals surface area contributed by atoms with Crippen molar-refractivity contribution < 1.29 is 9.90 Å². The van der Waals surface area contributed by atoms with Crippen LogP contribution < -0.4 is 4.48 Å². The van der Waals surface area contributed by atoms with Gasteiger partial charge in [0.1, 0.15) is 0 Å². The van der Waals surface area contributed by atoms with Crippen LogP contribution in [0.25, 0.3) is 10.9 Å². The van der Waals surface area contributed by atoms with Crippen LogP contribution in [0.3, 0.4) is 0 Å². The number of unbranched alkanes of at least 4 members (excludes halogenated alkanes) is 1. The number of carbonyl (C=O) groups is 1. The fourth-order valence-electron chi connectivity index (χ4n) is 3.16. The normalized spacial score (nSPS) is 14.0. The Morgan fingerprint density at radius 3 is 2.60 bits per heavy atom. The molecule has 2 aromatic rings. The summed E-state index contributed by atoms with van der Waals surface area (Å²) in [6.07, 6.45) is 2.63. The van der Waals surface area contributed by atoms with Gasteiger partial charge < -0.3 is 10.0 Å². The smallest absolute Gasteiger partial charge is 0.435 e. The van der Waals surface area contributed by atoms with Gasteiger partial charge in [-0.3, -0.25) is 4.98 Å². The number of benzene rings is 1. The number of hydrogen-bond donors (Lipinski definition) is 1. The van der Waals surface area contributed by atoms with Crippen molar-refractivity contribution >= 4 is 34.3 Å².